The van der Waals surface area contributed by atoms with E-state index >= 15 is 0 Å². The van der Waals surface area contributed by atoms with Gasteiger partial charge in [-0.2, -0.15) is 0 Å². The zero-order chi connectivity index (χ0) is 19.3. The molecule has 6 nitrogen and oxygen atoms in total. The quantitative estimate of drug-likeness (QED) is 0.651. The molecule has 0 aliphatic heterocycles. The molecule has 148 valence electrons. The van der Waals surface area contributed by atoms with Gasteiger partial charge < -0.3 is 11.1 Å². The van der Waals surface area contributed by atoms with Crippen LogP contribution in [-0.4, -0.2) is 21.4 Å². The maximum absolute atomic E-state index is 12.5. The summed E-state index contributed by atoms with van der Waals surface area (Å²) in [4.78, 5) is 12.7. The lowest BCUT2D eigenvalue weighted by molar-refractivity contribution is -0.125. The van der Waals surface area contributed by atoms with Crippen molar-refractivity contribution in [2.45, 2.75) is 30.8 Å². The van der Waals surface area contributed by atoms with E-state index in [-0.39, 0.29) is 29.3 Å². The normalized spacial score (nSPS) is 14.5. The molecule has 27 heavy (non-hydrogen) atoms. The van der Waals surface area contributed by atoms with Crippen LogP contribution in [0.15, 0.2) is 59.5 Å². The van der Waals surface area contributed by atoms with Gasteiger partial charge in [-0.1, -0.05) is 49.4 Å². The standard InChI is InChI=1S/C19H25N3O3S.ClH/c1-13(18(20)16-7-5-4-6-8-16)19(23)22-14(2)15-9-11-17(12-10-15)26(24,25)21-3;/h4-14,18,21H,20H2,1-3H3,(H,22,23);1H. The molecule has 0 saturated heterocycles. The monoisotopic (exact) mass is 411 g/mol. The average molecular weight is 412 g/mol. The lowest BCUT2D eigenvalue weighted by atomic mass is 9.94. The van der Waals surface area contributed by atoms with Gasteiger partial charge in [0.25, 0.3) is 0 Å². The van der Waals surface area contributed by atoms with Gasteiger partial charge in [0.1, 0.15) is 0 Å². The van der Waals surface area contributed by atoms with Crippen LogP contribution in [0.4, 0.5) is 0 Å². The Kier molecular flexibility index (Phi) is 8.43. The molecule has 3 unspecified atom stereocenters. The summed E-state index contributed by atoms with van der Waals surface area (Å²) in [5, 5.41) is 2.93. The second-order valence-corrected chi connectivity index (χ2v) is 8.12. The Balaban J connectivity index is 0.00000364. The van der Waals surface area contributed by atoms with Gasteiger partial charge in [0, 0.05) is 6.04 Å². The molecule has 2 aromatic rings. The molecule has 0 spiro atoms. The van der Waals surface area contributed by atoms with Crippen LogP contribution in [0.25, 0.3) is 0 Å². The van der Waals surface area contributed by atoms with E-state index in [0.29, 0.717) is 0 Å². The summed E-state index contributed by atoms with van der Waals surface area (Å²) < 4.78 is 25.8. The molecule has 8 heteroatoms. The third kappa shape index (κ3) is 5.77. The van der Waals surface area contributed by atoms with Crippen LogP contribution in [0.3, 0.4) is 0 Å². The van der Waals surface area contributed by atoms with E-state index in [0.717, 1.165) is 11.1 Å². The highest BCUT2D eigenvalue weighted by Gasteiger charge is 2.23. The summed E-state index contributed by atoms with van der Waals surface area (Å²) in [5.74, 6) is -0.551. The number of hydrogen-bond donors (Lipinski definition) is 3. The highest BCUT2D eigenvalue weighted by molar-refractivity contribution is 7.89. The van der Waals surface area contributed by atoms with E-state index in [1.165, 1.54) is 19.2 Å². The first kappa shape index (κ1) is 23.1. The summed E-state index contributed by atoms with van der Waals surface area (Å²) in [6.07, 6.45) is 0. The first-order chi connectivity index (χ1) is 12.3. The van der Waals surface area contributed by atoms with Gasteiger partial charge in [-0.05, 0) is 37.2 Å². The van der Waals surface area contributed by atoms with E-state index in [9.17, 15) is 13.2 Å². The van der Waals surface area contributed by atoms with Gasteiger partial charge >= 0.3 is 0 Å². The number of benzene rings is 2. The highest BCUT2D eigenvalue weighted by Crippen LogP contribution is 2.21. The van der Waals surface area contributed by atoms with Crippen LogP contribution in [0.5, 0.6) is 0 Å². The van der Waals surface area contributed by atoms with Gasteiger partial charge in [-0.3, -0.25) is 4.79 Å². The number of rotatable bonds is 7. The molecule has 0 aromatic heterocycles. The Morgan fingerprint density at radius 3 is 2.04 bits per heavy atom. The second-order valence-electron chi connectivity index (χ2n) is 6.23. The minimum atomic E-state index is -3.47. The van der Waals surface area contributed by atoms with Crippen molar-refractivity contribution in [2.75, 3.05) is 7.05 Å². The van der Waals surface area contributed by atoms with Crippen molar-refractivity contribution < 1.29 is 13.2 Å². The molecular weight excluding hydrogens is 386 g/mol. The summed E-state index contributed by atoms with van der Waals surface area (Å²) >= 11 is 0. The smallest absolute Gasteiger partial charge is 0.240 e. The fourth-order valence-corrected chi connectivity index (χ4v) is 3.34. The van der Waals surface area contributed by atoms with Gasteiger partial charge in [-0.25, -0.2) is 13.1 Å². The predicted molar refractivity (Wildman–Crippen MR) is 109 cm³/mol. The van der Waals surface area contributed by atoms with E-state index in [2.05, 4.69) is 10.0 Å². The Hall–Kier alpha value is -1.93. The molecule has 1 amide bonds. The van der Waals surface area contributed by atoms with E-state index in [1.54, 1.807) is 19.1 Å². The van der Waals surface area contributed by atoms with Crippen molar-refractivity contribution in [1.29, 1.82) is 0 Å². The summed E-state index contributed by atoms with van der Waals surface area (Å²) in [7, 11) is -2.11. The topological polar surface area (TPSA) is 101 Å². The average Bonchev–Trinajstić information content (AvgIpc) is 2.67. The Labute approximate surface area is 167 Å². The van der Waals surface area contributed by atoms with Gasteiger partial charge in [0.15, 0.2) is 0 Å². The van der Waals surface area contributed by atoms with Crippen LogP contribution in [0.1, 0.15) is 37.1 Å². The minimum Gasteiger partial charge on any atom is -0.349 e. The van der Waals surface area contributed by atoms with Crippen molar-refractivity contribution in [1.82, 2.24) is 10.0 Å². The first-order valence-corrected chi connectivity index (χ1v) is 9.89. The van der Waals surface area contributed by atoms with Crippen LogP contribution >= 0.6 is 12.4 Å². The molecule has 3 atom stereocenters. The third-order valence-electron chi connectivity index (χ3n) is 4.45. The maximum Gasteiger partial charge on any atom is 0.240 e. The van der Waals surface area contributed by atoms with Crippen molar-refractivity contribution in [3.63, 3.8) is 0 Å². The minimum absolute atomic E-state index is 0. The van der Waals surface area contributed by atoms with E-state index in [1.807, 2.05) is 37.3 Å². The molecule has 2 aromatic carbocycles. The van der Waals surface area contributed by atoms with Crippen LogP contribution < -0.4 is 15.8 Å². The molecule has 4 N–H and O–H groups in total. The zero-order valence-corrected chi connectivity index (χ0v) is 17.2. The van der Waals surface area contributed by atoms with E-state index in [4.69, 9.17) is 5.73 Å². The van der Waals surface area contributed by atoms with Crippen molar-refractivity contribution in [3.8, 4) is 0 Å². The Bertz CT molecular complexity index is 842. The number of halogens is 1. The number of hydrogen-bond acceptors (Lipinski definition) is 4. The van der Waals surface area contributed by atoms with Gasteiger partial charge in [0.2, 0.25) is 15.9 Å². The summed E-state index contributed by atoms with van der Waals surface area (Å²) in [5.41, 5.74) is 7.92. The Morgan fingerprint density at radius 2 is 1.52 bits per heavy atom. The first-order valence-electron chi connectivity index (χ1n) is 8.40. The fraction of sp³-hybridized carbons (Fsp3) is 0.316. The number of nitrogens with one attached hydrogen (secondary N) is 2. The molecule has 2 rings (SSSR count). The molecule has 0 heterocycles. The summed E-state index contributed by atoms with van der Waals surface area (Å²) in [6.45, 7) is 3.64. The third-order valence-corrected chi connectivity index (χ3v) is 5.88. The zero-order valence-electron chi connectivity index (χ0n) is 15.5. The molecular formula is C19H26ClN3O3S. The molecule has 0 saturated carbocycles. The number of sulfonamides is 1. The summed E-state index contributed by atoms with van der Waals surface area (Å²) in [6, 6.07) is 15.2. The SMILES string of the molecule is CNS(=O)(=O)c1ccc(C(C)NC(=O)C(C)C(N)c2ccccc2)cc1.Cl. The lowest BCUT2D eigenvalue weighted by Crippen LogP contribution is -2.36. The maximum atomic E-state index is 12.5. The van der Waals surface area contributed by atoms with Crippen LogP contribution in [0.2, 0.25) is 0 Å². The van der Waals surface area contributed by atoms with Crippen molar-refractivity contribution in [3.05, 3.63) is 65.7 Å². The van der Waals surface area contributed by atoms with Gasteiger partial charge in [0.05, 0.1) is 16.9 Å². The highest BCUT2D eigenvalue weighted by atomic mass is 35.5. The number of carbonyl (C=O) groups excluding carboxylic acids is 1. The fourth-order valence-electron chi connectivity index (χ4n) is 2.61. The molecule has 0 radical (unpaired) electrons. The second kappa shape index (κ2) is 9.85. The van der Waals surface area contributed by atoms with Crippen molar-refractivity contribution in [2.24, 2.45) is 11.7 Å². The number of nitrogens with two attached hydrogens (primary N) is 1. The van der Waals surface area contributed by atoms with Gasteiger partial charge in [-0.15, -0.1) is 12.4 Å². The molecule has 0 bridgehead atoms. The van der Waals surface area contributed by atoms with Crippen LogP contribution in [-0.2, 0) is 14.8 Å². The molecule has 0 aliphatic rings. The largest absolute Gasteiger partial charge is 0.349 e. The Morgan fingerprint density at radius 1 is 0.963 bits per heavy atom. The predicted octanol–water partition coefficient (Wildman–Crippen LogP) is 2.53. The number of carbonyl (C=O) groups is 1. The lowest BCUT2D eigenvalue weighted by Gasteiger charge is -2.22. The number of amides is 1. The van der Waals surface area contributed by atoms with Crippen molar-refractivity contribution >= 4 is 28.3 Å². The van der Waals surface area contributed by atoms with E-state index < -0.39 is 22.0 Å². The molecule has 0 fully saturated rings. The van der Waals surface area contributed by atoms with Crippen LogP contribution in [0, 0.1) is 5.92 Å². The molecule has 0 aliphatic carbocycles.